The van der Waals surface area contributed by atoms with Crippen LogP contribution in [0, 0.1) is 17.1 Å². The summed E-state index contributed by atoms with van der Waals surface area (Å²) in [6.07, 6.45) is 0. The number of amides is 1. The van der Waals surface area contributed by atoms with Crippen molar-refractivity contribution in [1.29, 1.82) is 5.26 Å². The number of nitriles is 1. The molecule has 0 aliphatic heterocycles. The Balaban J connectivity index is 2.05. The van der Waals surface area contributed by atoms with E-state index in [1.165, 1.54) is 12.1 Å². The van der Waals surface area contributed by atoms with Crippen LogP contribution < -0.4 is 10.6 Å². The summed E-state index contributed by atoms with van der Waals surface area (Å²) < 4.78 is 13.7. The fourth-order valence-corrected chi connectivity index (χ4v) is 2.87. The Hall–Kier alpha value is -2.13. The minimum absolute atomic E-state index is 0.0517. The third-order valence-corrected chi connectivity index (χ3v) is 4.28. The minimum Gasteiger partial charge on any atom is -0.325 e. The van der Waals surface area contributed by atoms with E-state index in [4.69, 9.17) is 28.5 Å². The van der Waals surface area contributed by atoms with Gasteiger partial charge in [-0.05, 0) is 49.7 Å². The predicted molar refractivity (Wildman–Crippen MR) is 97.2 cm³/mol. The highest BCUT2D eigenvalue weighted by molar-refractivity contribution is 6.35. The van der Waals surface area contributed by atoms with Gasteiger partial charge in [-0.15, -0.1) is 0 Å². The normalized spacial score (nSPS) is 13.0. The van der Waals surface area contributed by atoms with Gasteiger partial charge in [0.2, 0.25) is 5.91 Å². The fraction of sp³-hybridized carbons (Fsp3) is 0.222. The van der Waals surface area contributed by atoms with Gasteiger partial charge in [0.15, 0.2) is 0 Å². The van der Waals surface area contributed by atoms with Gasteiger partial charge in [-0.2, -0.15) is 5.26 Å². The number of hydrogen-bond donors (Lipinski definition) is 2. The second-order valence-electron chi connectivity index (χ2n) is 5.58. The quantitative estimate of drug-likeness (QED) is 0.741. The molecule has 0 saturated heterocycles. The van der Waals surface area contributed by atoms with Crippen LogP contribution in [0.5, 0.6) is 0 Å². The molecule has 2 aromatic rings. The van der Waals surface area contributed by atoms with Crippen molar-refractivity contribution in [1.82, 2.24) is 5.32 Å². The molecule has 4 nitrogen and oxygen atoms in total. The molecule has 0 bridgehead atoms. The summed E-state index contributed by atoms with van der Waals surface area (Å²) in [5.41, 5.74) is 1.49. The summed E-state index contributed by atoms with van der Waals surface area (Å²) in [5, 5.41) is 14.9. The Labute approximate surface area is 155 Å². The number of benzene rings is 2. The average Bonchev–Trinajstić information content (AvgIpc) is 2.58. The predicted octanol–water partition coefficient (Wildman–Crippen LogP) is 4.68. The van der Waals surface area contributed by atoms with E-state index in [0.29, 0.717) is 21.8 Å². The Bertz CT molecular complexity index is 836. The van der Waals surface area contributed by atoms with E-state index in [-0.39, 0.29) is 17.0 Å². The van der Waals surface area contributed by atoms with Gasteiger partial charge in [-0.1, -0.05) is 29.3 Å². The van der Waals surface area contributed by atoms with Gasteiger partial charge in [0, 0.05) is 16.8 Å². The Morgan fingerprint density at radius 2 is 1.92 bits per heavy atom. The second kappa shape index (κ2) is 8.30. The molecule has 2 atom stereocenters. The first kappa shape index (κ1) is 19.2. The summed E-state index contributed by atoms with van der Waals surface area (Å²) in [7, 11) is 0. The van der Waals surface area contributed by atoms with E-state index in [1.54, 1.807) is 38.1 Å². The van der Waals surface area contributed by atoms with Gasteiger partial charge in [-0.25, -0.2) is 4.39 Å². The number of hydrogen-bond acceptors (Lipinski definition) is 3. The van der Waals surface area contributed by atoms with Crippen LogP contribution in [0.2, 0.25) is 10.0 Å². The minimum atomic E-state index is -0.574. The number of anilines is 1. The number of carbonyl (C=O) groups is 1. The van der Waals surface area contributed by atoms with Crippen LogP contribution >= 0.6 is 23.2 Å². The number of rotatable bonds is 5. The van der Waals surface area contributed by atoms with Gasteiger partial charge in [0.25, 0.3) is 0 Å². The molecule has 2 N–H and O–H groups in total. The van der Waals surface area contributed by atoms with Crippen molar-refractivity contribution in [2.45, 2.75) is 25.9 Å². The molecule has 0 heterocycles. The van der Waals surface area contributed by atoms with Gasteiger partial charge >= 0.3 is 0 Å². The molecule has 2 rings (SSSR count). The smallest absolute Gasteiger partial charge is 0.241 e. The van der Waals surface area contributed by atoms with Crippen molar-refractivity contribution in [2.24, 2.45) is 0 Å². The molecule has 25 heavy (non-hydrogen) atoms. The van der Waals surface area contributed by atoms with Crippen LogP contribution in [0.1, 0.15) is 31.0 Å². The summed E-state index contributed by atoms with van der Waals surface area (Å²) in [6.45, 7) is 3.45. The maximum absolute atomic E-state index is 13.7. The summed E-state index contributed by atoms with van der Waals surface area (Å²) in [6, 6.07) is 10.3. The largest absolute Gasteiger partial charge is 0.325 e. The van der Waals surface area contributed by atoms with Crippen LogP contribution in [0.3, 0.4) is 0 Å². The van der Waals surface area contributed by atoms with Gasteiger partial charge in [0.1, 0.15) is 5.82 Å². The van der Waals surface area contributed by atoms with Crippen molar-refractivity contribution in [3.05, 3.63) is 63.4 Å². The summed E-state index contributed by atoms with van der Waals surface area (Å²) >= 11 is 11.8. The maximum atomic E-state index is 13.7. The zero-order valence-corrected chi connectivity index (χ0v) is 15.1. The van der Waals surface area contributed by atoms with Crippen LogP contribution in [0.15, 0.2) is 36.4 Å². The van der Waals surface area contributed by atoms with E-state index in [2.05, 4.69) is 10.6 Å². The molecule has 0 aliphatic carbocycles. The second-order valence-corrected chi connectivity index (χ2v) is 6.39. The monoisotopic (exact) mass is 379 g/mol. The average molecular weight is 380 g/mol. The van der Waals surface area contributed by atoms with Crippen molar-refractivity contribution in [2.75, 3.05) is 5.32 Å². The number of nitrogens with zero attached hydrogens (tertiary/aromatic N) is 1. The van der Waals surface area contributed by atoms with Gasteiger partial charge in [-0.3, -0.25) is 10.1 Å². The zero-order valence-electron chi connectivity index (χ0n) is 13.6. The maximum Gasteiger partial charge on any atom is 0.241 e. The summed E-state index contributed by atoms with van der Waals surface area (Å²) in [4.78, 5) is 12.3. The lowest BCUT2D eigenvalue weighted by molar-refractivity contribution is -0.117. The molecule has 0 fully saturated rings. The Morgan fingerprint density at radius 1 is 1.20 bits per heavy atom. The first-order valence-corrected chi connectivity index (χ1v) is 8.29. The molecule has 130 valence electrons. The van der Waals surface area contributed by atoms with Crippen molar-refractivity contribution >= 4 is 34.8 Å². The third kappa shape index (κ3) is 4.93. The third-order valence-electron chi connectivity index (χ3n) is 3.66. The molecule has 7 heteroatoms. The van der Waals surface area contributed by atoms with Crippen molar-refractivity contribution in [3.8, 4) is 6.07 Å². The molecule has 0 aliphatic rings. The molecule has 0 radical (unpaired) electrons. The Kier molecular flexibility index (Phi) is 6.38. The van der Waals surface area contributed by atoms with Crippen molar-refractivity contribution in [3.63, 3.8) is 0 Å². The first-order chi connectivity index (χ1) is 11.8. The van der Waals surface area contributed by atoms with E-state index in [1.807, 2.05) is 6.07 Å². The molecule has 0 saturated carbocycles. The highest BCUT2D eigenvalue weighted by Crippen LogP contribution is 2.28. The molecule has 1 amide bonds. The molecular formula is C18H16Cl2FN3O. The Morgan fingerprint density at radius 3 is 2.60 bits per heavy atom. The highest BCUT2D eigenvalue weighted by atomic mass is 35.5. The molecular weight excluding hydrogens is 364 g/mol. The van der Waals surface area contributed by atoms with Gasteiger partial charge < -0.3 is 5.32 Å². The number of halogens is 3. The lowest BCUT2D eigenvalue weighted by Crippen LogP contribution is -2.39. The van der Waals surface area contributed by atoms with Gasteiger partial charge in [0.05, 0.1) is 22.7 Å². The van der Waals surface area contributed by atoms with E-state index in [0.717, 1.165) is 0 Å². The molecule has 0 unspecified atom stereocenters. The van der Waals surface area contributed by atoms with E-state index in [9.17, 15) is 9.18 Å². The molecule has 0 aromatic heterocycles. The number of carbonyl (C=O) groups excluding carboxylic acids is 1. The lowest BCUT2D eigenvalue weighted by atomic mass is 10.1. The van der Waals surface area contributed by atoms with Crippen molar-refractivity contribution < 1.29 is 9.18 Å². The topological polar surface area (TPSA) is 64.9 Å². The summed E-state index contributed by atoms with van der Waals surface area (Å²) in [5.74, 6) is -0.854. The standard InChI is InChI=1S/C18H16Cl2FN3O/c1-10(14-7-17(21)16(20)8-15(14)19)23-11(2)18(25)24-13-5-3-4-12(6-13)9-22/h3-8,10-11,23H,1-2H3,(H,24,25)/t10-,11+/m1/s1. The van der Waals surface area contributed by atoms with E-state index < -0.39 is 11.9 Å². The highest BCUT2D eigenvalue weighted by Gasteiger charge is 2.19. The fourth-order valence-electron chi connectivity index (χ4n) is 2.33. The number of nitrogens with one attached hydrogen (secondary N) is 2. The van der Waals surface area contributed by atoms with E-state index >= 15 is 0 Å². The lowest BCUT2D eigenvalue weighted by Gasteiger charge is -2.21. The molecule has 2 aromatic carbocycles. The van der Waals surface area contributed by atoms with Crippen LogP contribution in [-0.4, -0.2) is 11.9 Å². The zero-order chi connectivity index (χ0) is 18.6. The van der Waals surface area contributed by atoms with Crippen LogP contribution in [0.4, 0.5) is 10.1 Å². The first-order valence-electron chi connectivity index (χ1n) is 7.53. The molecule has 0 spiro atoms. The van der Waals surface area contributed by atoms with Crippen LogP contribution in [0.25, 0.3) is 0 Å². The SMILES string of the molecule is C[C@H](N[C@H](C)c1cc(F)c(Cl)cc1Cl)C(=O)Nc1cccc(C#N)c1. The van der Waals surface area contributed by atoms with Crippen LogP contribution in [-0.2, 0) is 4.79 Å².